The summed E-state index contributed by atoms with van der Waals surface area (Å²) >= 11 is 0. The monoisotopic (exact) mass is 468 g/mol. The SMILES string of the molecule is COCC(NC(=NCC(=O)N(C)C)NCC1CCCCO1)C1CC1.I. The fourth-order valence-corrected chi connectivity index (χ4v) is 2.77. The molecule has 0 radical (unpaired) electrons. The van der Waals surface area contributed by atoms with Crippen LogP contribution in [-0.4, -0.2) is 76.4 Å². The van der Waals surface area contributed by atoms with Gasteiger partial charge in [-0.3, -0.25) is 4.79 Å². The molecule has 0 bridgehead atoms. The van der Waals surface area contributed by atoms with Gasteiger partial charge in [0, 0.05) is 34.4 Å². The van der Waals surface area contributed by atoms with Crippen molar-refractivity contribution < 1.29 is 14.3 Å². The van der Waals surface area contributed by atoms with E-state index in [1.165, 1.54) is 19.3 Å². The van der Waals surface area contributed by atoms with E-state index in [1.54, 1.807) is 26.1 Å². The van der Waals surface area contributed by atoms with Gasteiger partial charge in [-0.05, 0) is 38.0 Å². The quantitative estimate of drug-likeness (QED) is 0.319. The van der Waals surface area contributed by atoms with Crippen LogP contribution in [0, 0.1) is 5.92 Å². The standard InChI is InChI=1S/C17H32N4O3.HI/c1-21(2)16(22)11-19-17(18-10-14-6-4-5-9-24-14)20-15(12-23-3)13-7-8-13;/h13-15H,4-12H2,1-3H3,(H2,18,19,20);1H. The van der Waals surface area contributed by atoms with E-state index in [-0.39, 0.29) is 48.6 Å². The van der Waals surface area contributed by atoms with Crippen LogP contribution < -0.4 is 10.6 Å². The van der Waals surface area contributed by atoms with E-state index in [0.717, 1.165) is 19.4 Å². The van der Waals surface area contributed by atoms with Crippen LogP contribution in [0.5, 0.6) is 0 Å². The lowest BCUT2D eigenvalue weighted by molar-refractivity contribution is -0.127. The number of ether oxygens (including phenoxy) is 2. The molecule has 1 saturated carbocycles. The zero-order valence-corrected chi connectivity index (χ0v) is 18.0. The van der Waals surface area contributed by atoms with E-state index in [1.807, 2.05) is 0 Å². The van der Waals surface area contributed by atoms with Crippen LogP contribution in [0.25, 0.3) is 0 Å². The number of methoxy groups -OCH3 is 1. The molecular formula is C17H33IN4O3. The molecule has 2 fully saturated rings. The molecule has 0 aromatic heterocycles. The first-order chi connectivity index (χ1) is 11.6. The molecule has 1 amide bonds. The molecule has 2 N–H and O–H groups in total. The number of hydrogen-bond donors (Lipinski definition) is 2. The summed E-state index contributed by atoms with van der Waals surface area (Å²) in [5, 5.41) is 6.78. The van der Waals surface area contributed by atoms with Crippen molar-refractivity contribution >= 4 is 35.8 Å². The molecule has 0 aromatic carbocycles. The number of carbonyl (C=O) groups is 1. The number of aliphatic imine (C=N–C) groups is 1. The maximum Gasteiger partial charge on any atom is 0.243 e. The Morgan fingerprint density at radius 3 is 2.64 bits per heavy atom. The third-order valence-electron chi connectivity index (χ3n) is 4.50. The predicted octanol–water partition coefficient (Wildman–Crippen LogP) is 1.22. The first-order valence-electron chi connectivity index (χ1n) is 8.95. The lowest BCUT2D eigenvalue weighted by Crippen LogP contribution is -2.49. The molecular weight excluding hydrogens is 435 g/mol. The summed E-state index contributed by atoms with van der Waals surface area (Å²) in [7, 11) is 5.20. The van der Waals surface area contributed by atoms with Crippen molar-refractivity contribution in [3.05, 3.63) is 0 Å². The van der Waals surface area contributed by atoms with Crippen LogP contribution in [0.1, 0.15) is 32.1 Å². The van der Waals surface area contributed by atoms with Crippen LogP contribution in [0.15, 0.2) is 4.99 Å². The number of guanidine groups is 1. The highest BCUT2D eigenvalue weighted by Crippen LogP contribution is 2.32. The third-order valence-corrected chi connectivity index (χ3v) is 4.50. The molecule has 1 saturated heterocycles. The van der Waals surface area contributed by atoms with Crippen molar-refractivity contribution in [1.82, 2.24) is 15.5 Å². The van der Waals surface area contributed by atoms with Crippen LogP contribution in [0.2, 0.25) is 0 Å². The van der Waals surface area contributed by atoms with Gasteiger partial charge in [-0.2, -0.15) is 0 Å². The number of nitrogens with one attached hydrogen (secondary N) is 2. The van der Waals surface area contributed by atoms with Gasteiger partial charge in [0.15, 0.2) is 5.96 Å². The topological polar surface area (TPSA) is 75.2 Å². The molecule has 7 nitrogen and oxygen atoms in total. The summed E-state index contributed by atoms with van der Waals surface area (Å²) < 4.78 is 11.1. The smallest absolute Gasteiger partial charge is 0.243 e. The number of likely N-dealkylation sites (N-methyl/N-ethyl adjacent to an activating group) is 1. The summed E-state index contributed by atoms with van der Waals surface area (Å²) in [6.07, 6.45) is 6.08. The minimum atomic E-state index is -0.0141. The zero-order valence-electron chi connectivity index (χ0n) is 15.6. The van der Waals surface area contributed by atoms with E-state index in [2.05, 4.69) is 15.6 Å². The summed E-state index contributed by atoms with van der Waals surface area (Å²) in [4.78, 5) is 17.8. The molecule has 2 rings (SSSR count). The van der Waals surface area contributed by atoms with Gasteiger partial charge in [-0.15, -0.1) is 24.0 Å². The van der Waals surface area contributed by atoms with Gasteiger partial charge in [-0.25, -0.2) is 4.99 Å². The summed E-state index contributed by atoms with van der Waals surface area (Å²) in [5.74, 6) is 1.29. The summed E-state index contributed by atoms with van der Waals surface area (Å²) in [5.41, 5.74) is 0. The van der Waals surface area contributed by atoms with Crippen molar-refractivity contribution in [3.63, 3.8) is 0 Å². The fourth-order valence-electron chi connectivity index (χ4n) is 2.77. The Hall–Kier alpha value is -0.610. The Morgan fingerprint density at radius 1 is 1.32 bits per heavy atom. The minimum absolute atomic E-state index is 0. The average Bonchev–Trinajstić information content (AvgIpc) is 3.42. The van der Waals surface area contributed by atoms with Gasteiger partial charge in [0.2, 0.25) is 5.91 Å². The van der Waals surface area contributed by atoms with Crippen molar-refractivity contribution in [1.29, 1.82) is 0 Å². The van der Waals surface area contributed by atoms with Gasteiger partial charge in [0.1, 0.15) is 6.54 Å². The van der Waals surface area contributed by atoms with Gasteiger partial charge in [-0.1, -0.05) is 0 Å². The molecule has 1 aliphatic carbocycles. The predicted molar refractivity (Wildman–Crippen MR) is 110 cm³/mol. The van der Waals surface area contributed by atoms with Crippen LogP contribution in [0.3, 0.4) is 0 Å². The highest BCUT2D eigenvalue weighted by Gasteiger charge is 2.32. The minimum Gasteiger partial charge on any atom is -0.383 e. The second kappa shape index (κ2) is 11.9. The van der Waals surface area contributed by atoms with Gasteiger partial charge >= 0.3 is 0 Å². The molecule has 8 heteroatoms. The van der Waals surface area contributed by atoms with Crippen LogP contribution in [-0.2, 0) is 14.3 Å². The van der Waals surface area contributed by atoms with Crippen molar-refractivity contribution in [2.45, 2.75) is 44.2 Å². The number of carbonyl (C=O) groups excluding carboxylic acids is 1. The molecule has 1 aliphatic heterocycles. The van der Waals surface area contributed by atoms with Gasteiger partial charge < -0.3 is 25.0 Å². The first-order valence-corrected chi connectivity index (χ1v) is 8.95. The molecule has 25 heavy (non-hydrogen) atoms. The number of rotatable bonds is 8. The van der Waals surface area contributed by atoms with Crippen molar-refractivity contribution in [2.75, 3.05) is 47.5 Å². The Kier molecular flexibility index (Phi) is 10.7. The lowest BCUT2D eigenvalue weighted by Gasteiger charge is -2.25. The number of halogens is 1. The molecule has 2 atom stereocenters. The van der Waals surface area contributed by atoms with Crippen LogP contribution >= 0.6 is 24.0 Å². The maximum absolute atomic E-state index is 11.8. The summed E-state index contributed by atoms with van der Waals surface area (Å²) in [6.45, 7) is 2.33. The van der Waals surface area contributed by atoms with Gasteiger partial charge in [0.05, 0.1) is 18.8 Å². The largest absolute Gasteiger partial charge is 0.383 e. The van der Waals surface area contributed by atoms with E-state index in [9.17, 15) is 4.79 Å². The molecule has 1 heterocycles. The maximum atomic E-state index is 11.8. The Bertz CT molecular complexity index is 424. The van der Waals surface area contributed by atoms with Crippen molar-refractivity contribution in [2.24, 2.45) is 10.9 Å². The normalized spacial score (nSPS) is 21.9. The van der Waals surface area contributed by atoms with Crippen LogP contribution in [0.4, 0.5) is 0 Å². The lowest BCUT2D eigenvalue weighted by atomic mass is 10.1. The molecule has 146 valence electrons. The fraction of sp³-hybridized carbons (Fsp3) is 0.882. The highest BCUT2D eigenvalue weighted by atomic mass is 127. The first kappa shape index (κ1) is 22.4. The van der Waals surface area contributed by atoms with E-state index in [0.29, 0.717) is 25.0 Å². The number of hydrogen-bond acceptors (Lipinski definition) is 4. The second-order valence-electron chi connectivity index (χ2n) is 6.87. The molecule has 0 aromatic rings. The van der Waals surface area contributed by atoms with E-state index in [4.69, 9.17) is 9.47 Å². The Morgan fingerprint density at radius 2 is 2.08 bits per heavy atom. The molecule has 2 unspecified atom stereocenters. The van der Waals surface area contributed by atoms with E-state index >= 15 is 0 Å². The zero-order chi connectivity index (χ0) is 17.4. The average molecular weight is 468 g/mol. The Labute approximate surface area is 168 Å². The molecule has 2 aliphatic rings. The number of nitrogens with zero attached hydrogens (tertiary/aromatic N) is 2. The van der Waals surface area contributed by atoms with E-state index < -0.39 is 0 Å². The highest BCUT2D eigenvalue weighted by molar-refractivity contribution is 14.0. The molecule has 0 spiro atoms. The Balaban J connectivity index is 0.00000312. The van der Waals surface area contributed by atoms with Crippen molar-refractivity contribution in [3.8, 4) is 0 Å². The summed E-state index contributed by atoms with van der Waals surface area (Å²) in [6, 6.07) is 0.239. The third kappa shape index (κ3) is 8.54. The number of amides is 1. The van der Waals surface area contributed by atoms with Gasteiger partial charge in [0.25, 0.3) is 0 Å². The second-order valence-corrected chi connectivity index (χ2v) is 6.87.